The highest BCUT2D eigenvalue weighted by Gasteiger charge is 2.17. The maximum Gasteiger partial charge on any atom is 0.335 e. The Morgan fingerprint density at radius 3 is 2.64 bits per heavy atom. The molecule has 130 valence electrons. The van der Waals surface area contributed by atoms with Crippen LogP contribution in [0.2, 0.25) is 0 Å². The van der Waals surface area contributed by atoms with Crippen molar-refractivity contribution in [1.29, 1.82) is 0 Å². The molecule has 25 heavy (non-hydrogen) atoms. The van der Waals surface area contributed by atoms with Gasteiger partial charge >= 0.3 is 5.69 Å². The number of aromatic nitrogens is 3. The Bertz CT molecular complexity index is 928. The smallest absolute Gasteiger partial charge is 0.335 e. The molecule has 7 heteroatoms. The number of pyridine rings is 1. The Balaban J connectivity index is 1.95. The number of amides is 1. The molecule has 0 radical (unpaired) electrons. The average molecular weight is 339 g/mol. The number of imidazole rings is 1. The number of hydrogen-bond donors (Lipinski definition) is 1. The number of benzene rings is 1. The van der Waals surface area contributed by atoms with E-state index in [1.165, 1.54) is 9.13 Å². The number of carbonyl (C=O) groups is 1. The van der Waals surface area contributed by atoms with Gasteiger partial charge in [-0.3, -0.25) is 9.36 Å². The predicted octanol–water partition coefficient (Wildman–Crippen LogP) is 0.865. The van der Waals surface area contributed by atoms with Crippen molar-refractivity contribution in [2.75, 3.05) is 27.2 Å². The second kappa shape index (κ2) is 7.31. The lowest BCUT2D eigenvalue weighted by atomic mass is 10.3. The Morgan fingerprint density at radius 2 is 1.92 bits per heavy atom. The fourth-order valence-electron chi connectivity index (χ4n) is 2.67. The third kappa shape index (κ3) is 3.61. The molecule has 1 amide bonds. The summed E-state index contributed by atoms with van der Waals surface area (Å²) in [6.07, 6.45) is 1.64. The molecule has 7 nitrogen and oxygen atoms in total. The molecular formula is C18H21N5O2. The van der Waals surface area contributed by atoms with Crippen LogP contribution in [0.4, 0.5) is 0 Å². The normalized spacial score (nSPS) is 11.2. The highest BCUT2D eigenvalue weighted by atomic mass is 16.2. The molecule has 2 heterocycles. The van der Waals surface area contributed by atoms with E-state index in [0.29, 0.717) is 17.7 Å². The molecule has 3 aromatic rings. The van der Waals surface area contributed by atoms with E-state index in [4.69, 9.17) is 0 Å². The van der Waals surface area contributed by atoms with Crippen molar-refractivity contribution in [1.82, 2.24) is 24.3 Å². The van der Waals surface area contributed by atoms with Crippen LogP contribution in [0.25, 0.3) is 16.9 Å². The Morgan fingerprint density at radius 1 is 1.16 bits per heavy atom. The minimum atomic E-state index is -0.275. The van der Waals surface area contributed by atoms with Crippen LogP contribution >= 0.6 is 0 Å². The molecule has 0 spiro atoms. The molecule has 0 aliphatic rings. The molecule has 0 saturated carbocycles. The first-order valence-corrected chi connectivity index (χ1v) is 8.11. The van der Waals surface area contributed by atoms with E-state index in [0.717, 1.165) is 12.2 Å². The van der Waals surface area contributed by atoms with Gasteiger partial charge in [0.05, 0.1) is 11.2 Å². The summed E-state index contributed by atoms with van der Waals surface area (Å²) in [7, 11) is 3.88. The zero-order valence-corrected chi connectivity index (χ0v) is 14.3. The van der Waals surface area contributed by atoms with Gasteiger partial charge in [-0.1, -0.05) is 18.2 Å². The van der Waals surface area contributed by atoms with Gasteiger partial charge in [-0.05, 0) is 38.4 Å². The summed E-state index contributed by atoms with van der Waals surface area (Å²) in [5, 5.41) is 2.83. The lowest BCUT2D eigenvalue weighted by Crippen LogP contribution is -2.36. The van der Waals surface area contributed by atoms with Crippen LogP contribution < -0.4 is 11.0 Å². The van der Waals surface area contributed by atoms with Gasteiger partial charge in [0.15, 0.2) is 5.65 Å². The van der Waals surface area contributed by atoms with Crippen molar-refractivity contribution in [3.8, 4) is 5.69 Å². The van der Waals surface area contributed by atoms with Crippen molar-refractivity contribution < 1.29 is 4.79 Å². The second-order valence-electron chi connectivity index (χ2n) is 6.04. The molecule has 3 rings (SSSR count). The Labute approximate surface area is 145 Å². The van der Waals surface area contributed by atoms with Crippen molar-refractivity contribution in [3.63, 3.8) is 0 Å². The zero-order chi connectivity index (χ0) is 17.8. The van der Waals surface area contributed by atoms with E-state index >= 15 is 0 Å². The maximum absolute atomic E-state index is 12.9. The standard InChI is InChI=1S/C18H21N5O2/c1-21(2)12-11-19-16(24)13-22-15-9-6-10-20-17(15)23(18(22)25)14-7-4-3-5-8-14/h3-10H,11-13H2,1-2H3,(H,19,24). The van der Waals surface area contributed by atoms with Crippen LogP contribution in [0, 0.1) is 0 Å². The Hall–Kier alpha value is -2.93. The summed E-state index contributed by atoms with van der Waals surface area (Å²) in [4.78, 5) is 31.4. The van der Waals surface area contributed by atoms with Crippen LogP contribution in [-0.2, 0) is 11.3 Å². The van der Waals surface area contributed by atoms with Crippen LogP contribution in [-0.4, -0.2) is 52.1 Å². The second-order valence-corrected chi connectivity index (χ2v) is 6.04. The number of hydrogen-bond acceptors (Lipinski definition) is 4. The van der Waals surface area contributed by atoms with Gasteiger partial charge in [0.2, 0.25) is 5.91 Å². The number of rotatable bonds is 6. The van der Waals surface area contributed by atoms with Gasteiger partial charge in [0.25, 0.3) is 0 Å². The summed E-state index contributed by atoms with van der Waals surface area (Å²) in [5.41, 5.74) is 1.63. The monoisotopic (exact) mass is 339 g/mol. The number of fused-ring (bicyclic) bond motifs is 1. The number of likely N-dealkylation sites (N-methyl/N-ethyl adjacent to an activating group) is 1. The van der Waals surface area contributed by atoms with Gasteiger partial charge < -0.3 is 10.2 Å². The largest absolute Gasteiger partial charge is 0.353 e. The molecule has 0 aliphatic carbocycles. The molecule has 2 aromatic heterocycles. The molecule has 0 saturated heterocycles. The first kappa shape index (κ1) is 16.9. The van der Waals surface area contributed by atoms with E-state index < -0.39 is 0 Å². The number of para-hydroxylation sites is 1. The van der Waals surface area contributed by atoms with Crippen LogP contribution in [0.15, 0.2) is 53.5 Å². The summed E-state index contributed by atoms with van der Waals surface area (Å²) in [6.45, 7) is 1.25. The molecule has 1 aromatic carbocycles. The number of nitrogens with zero attached hydrogens (tertiary/aromatic N) is 4. The molecule has 0 atom stereocenters. The predicted molar refractivity (Wildman–Crippen MR) is 96.9 cm³/mol. The highest BCUT2D eigenvalue weighted by molar-refractivity contribution is 5.80. The van der Waals surface area contributed by atoms with Crippen molar-refractivity contribution in [2.45, 2.75) is 6.54 Å². The van der Waals surface area contributed by atoms with Crippen molar-refractivity contribution in [2.24, 2.45) is 0 Å². The molecule has 0 aliphatic heterocycles. The molecular weight excluding hydrogens is 318 g/mol. The van der Waals surface area contributed by atoms with E-state index in [2.05, 4.69) is 10.3 Å². The van der Waals surface area contributed by atoms with Crippen LogP contribution in [0.3, 0.4) is 0 Å². The van der Waals surface area contributed by atoms with E-state index in [-0.39, 0.29) is 18.1 Å². The van der Waals surface area contributed by atoms with Gasteiger partial charge in [0, 0.05) is 19.3 Å². The van der Waals surface area contributed by atoms with E-state index in [1.807, 2.05) is 49.3 Å². The van der Waals surface area contributed by atoms with Crippen LogP contribution in [0.5, 0.6) is 0 Å². The first-order chi connectivity index (χ1) is 12.1. The topological polar surface area (TPSA) is 72.2 Å². The summed E-state index contributed by atoms with van der Waals surface area (Å²) in [6, 6.07) is 12.9. The average Bonchev–Trinajstić information content (AvgIpc) is 2.87. The molecule has 0 unspecified atom stereocenters. The van der Waals surface area contributed by atoms with Gasteiger partial charge in [-0.2, -0.15) is 0 Å². The minimum Gasteiger partial charge on any atom is -0.353 e. The van der Waals surface area contributed by atoms with E-state index in [9.17, 15) is 9.59 Å². The van der Waals surface area contributed by atoms with Gasteiger partial charge in [0.1, 0.15) is 6.54 Å². The lowest BCUT2D eigenvalue weighted by molar-refractivity contribution is -0.121. The maximum atomic E-state index is 12.9. The third-order valence-electron chi connectivity index (χ3n) is 3.89. The molecule has 1 N–H and O–H groups in total. The third-order valence-corrected chi connectivity index (χ3v) is 3.89. The minimum absolute atomic E-state index is 0.0334. The number of carbonyl (C=O) groups excluding carboxylic acids is 1. The SMILES string of the molecule is CN(C)CCNC(=O)Cn1c(=O)n(-c2ccccc2)c2ncccc21. The van der Waals surface area contributed by atoms with Crippen molar-refractivity contribution in [3.05, 3.63) is 59.1 Å². The fraction of sp³-hybridized carbons (Fsp3) is 0.278. The number of nitrogens with one attached hydrogen (secondary N) is 1. The van der Waals surface area contributed by atoms with Crippen LogP contribution in [0.1, 0.15) is 0 Å². The quantitative estimate of drug-likeness (QED) is 0.723. The van der Waals surface area contributed by atoms with E-state index in [1.54, 1.807) is 18.3 Å². The summed E-state index contributed by atoms with van der Waals surface area (Å²) < 4.78 is 2.99. The highest BCUT2D eigenvalue weighted by Crippen LogP contribution is 2.15. The Kier molecular flexibility index (Phi) is 4.95. The lowest BCUT2D eigenvalue weighted by Gasteiger charge is -2.10. The molecule has 0 fully saturated rings. The first-order valence-electron chi connectivity index (χ1n) is 8.11. The van der Waals surface area contributed by atoms with Gasteiger partial charge in [-0.25, -0.2) is 14.3 Å². The van der Waals surface area contributed by atoms with Gasteiger partial charge in [-0.15, -0.1) is 0 Å². The fourth-order valence-corrected chi connectivity index (χ4v) is 2.67. The zero-order valence-electron chi connectivity index (χ0n) is 14.3. The molecule has 0 bridgehead atoms. The summed E-state index contributed by atoms with van der Waals surface area (Å²) >= 11 is 0. The van der Waals surface area contributed by atoms with Crippen molar-refractivity contribution >= 4 is 17.1 Å². The summed E-state index contributed by atoms with van der Waals surface area (Å²) in [5.74, 6) is -0.195.